The molecule has 2 aromatic rings. The topological polar surface area (TPSA) is 53.2 Å². The molecule has 0 fully saturated rings. The molecule has 0 heterocycles. The smallest absolute Gasteiger partial charge is 0.221 e. The number of anilines is 3. The van der Waals surface area contributed by atoms with E-state index in [1.54, 1.807) is 30.3 Å². The van der Waals surface area contributed by atoms with Gasteiger partial charge in [0.2, 0.25) is 5.91 Å². The molecule has 0 aromatic heterocycles. The van der Waals surface area contributed by atoms with Gasteiger partial charge in [-0.1, -0.05) is 23.2 Å². The number of halogens is 2. The maximum Gasteiger partial charge on any atom is 0.221 e. The van der Waals surface area contributed by atoms with Crippen LogP contribution in [0, 0.1) is 0 Å². The highest BCUT2D eigenvalue weighted by molar-refractivity contribution is 7.80. The highest BCUT2D eigenvalue weighted by atomic mass is 35.5. The van der Waals surface area contributed by atoms with Crippen LogP contribution in [-0.4, -0.2) is 11.0 Å². The lowest BCUT2D eigenvalue weighted by atomic mass is 10.3. The molecule has 0 radical (unpaired) electrons. The van der Waals surface area contributed by atoms with Crippen molar-refractivity contribution in [2.45, 2.75) is 6.92 Å². The summed E-state index contributed by atoms with van der Waals surface area (Å²) in [7, 11) is 0. The Balaban J connectivity index is 1.98. The van der Waals surface area contributed by atoms with Gasteiger partial charge in [-0.05, 0) is 54.7 Å². The summed E-state index contributed by atoms with van der Waals surface area (Å²) >= 11 is 17.1. The molecule has 4 nitrogen and oxygen atoms in total. The minimum atomic E-state index is -0.115. The van der Waals surface area contributed by atoms with Crippen molar-refractivity contribution in [2.24, 2.45) is 0 Å². The minimum Gasteiger partial charge on any atom is -0.332 e. The summed E-state index contributed by atoms with van der Waals surface area (Å²) in [5.74, 6) is -0.115. The Kier molecular flexibility index (Phi) is 5.60. The monoisotopic (exact) mass is 353 g/mol. The molecule has 0 bridgehead atoms. The summed E-state index contributed by atoms with van der Waals surface area (Å²) in [5.41, 5.74) is 2.21. The minimum absolute atomic E-state index is 0.115. The largest absolute Gasteiger partial charge is 0.332 e. The maximum absolute atomic E-state index is 11.0. The number of hydrogen-bond acceptors (Lipinski definition) is 2. The van der Waals surface area contributed by atoms with Gasteiger partial charge >= 0.3 is 0 Å². The molecule has 1 amide bonds. The molecule has 114 valence electrons. The molecule has 22 heavy (non-hydrogen) atoms. The fourth-order valence-electron chi connectivity index (χ4n) is 1.76. The predicted octanol–water partition coefficient (Wildman–Crippen LogP) is 4.76. The molecular formula is C15H13Cl2N3OS. The van der Waals surface area contributed by atoms with Crippen molar-refractivity contribution in [2.75, 3.05) is 16.0 Å². The summed E-state index contributed by atoms with van der Waals surface area (Å²) < 4.78 is 0. The molecular weight excluding hydrogens is 341 g/mol. The van der Waals surface area contributed by atoms with Crippen LogP contribution in [0.1, 0.15) is 6.92 Å². The molecule has 2 aromatic carbocycles. The normalized spacial score (nSPS) is 9.95. The van der Waals surface area contributed by atoms with Gasteiger partial charge in [0.05, 0.1) is 0 Å². The Morgan fingerprint density at radius 2 is 1.32 bits per heavy atom. The number of carbonyl (C=O) groups is 1. The van der Waals surface area contributed by atoms with E-state index in [0.29, 0.717) is 20.8 Å². The first-order valence-corrected chi connectivity index (χ1v) is 7.50. The highest BCUT2D eigenvalue weighted by Gasteiger charge is 2.02. The summed E-state index contributed by atoms with van der Waals surface area (Å²) in [5, 5.41) is 10.2. The fraction of sp³-hybridized carbons (Fsp3) is 0.0667. The molecule has 0 aliphatic heterocycles. The summed E-state index contributed by atoms with van der Waals surface area (Å²) in [6.45, 7) is 1.46. The number of thiocarbonyl (C=S) groups is 1. The van der Waals surface area contributed by atoms with E-state index in [-0.39, 0.29) is 5.91 Å². The Bertz CT molecular complexity index is 684. The van der Waals surface area contributed by atoms with Gasteiger partial charge in [0.1, 0.15) is 0 Å². The highest BCUT2D eigenvalue weighted by Crippen LogP contribution is 2.22. The van der Waals surface area contributed by atoms with Crippen molar-refractivity contribution in [3.8, 4) is 0 Å². The van der Waals surface area contributed by atoms with Crippen molar-refractivity contribution in [3.05, 3.63) is 52.5 Å². The quantitative estimate of drug-likeness (QED) is 0.696. The molecule has 7 heteroatoms. The third kappa shape index (κ3) is 5.18. The van der Waals surface area contributed by atoms with Crippen LogP contribution in [0.3, 0.4) is 0 Å². The summed E-state index contributed by atoms with van der Waals surface area (Å²) in [6.07, 6.45) is 0. The predicted molar refractivity (Wildman–Crippen MR) is 97.1 cm³/mol. The molecule has 0 saturated heterocycles. The molecule has 0 atom stereocenters. The van der Waals surface area contributed by atoms with E-state index in [9.17, 15) is 4.79 Å². The van der Waals surface area contributed by atoms with Gasteiger partial charge in [0.15, 0.2) is 5.11 Å². The van der Waals surface area contributed by atoms with Gasteiger partial charge in [0.25, 0.3) is 0 Å². The van der Waals surface area contributed by atoms with E-state index in [1.807, 2.05) is 12.1 Å². The first-order valence-electron chi connectivity index (χ1n) is 6.34. The van der Waals surface area contributed by atoms with Crippen molar-refractivity contribution in [3.63, 3.8) is 0 Å². The van der Waals surface area contributed by atoms with E-state index in [4.69, 9.17) is 35.4 Å². The van der Waals surface area contributed by atoms with Gasteiger partial charge in [-0.25, -0.2) is 0 Å². The van der Waals surface area contributed by atoms with Crippen molar-refractivity contribution in [1.82, 2.24) is 0 Å². The van der Waals surface area contributed by atoms with E-state index in [2.05, 4.69) is 16.0 Å². The summed E-state index contributed by atoms with van der Waals surface area (Å²) in [6, 6.07) is 12.3. The Hall–Kier alpha value is -1.82. The van der Waals surface area contributed by atoms with Crippen LogP contribution in [0.15, 0.2) is 42.5 Å². The van der Waals surface area contributed by atoms with Crippen LogP contribution in [-0.2, 0) is 4.79 Å². The molecule has 0 aliphatic carbocycles. The second kappa shape index (κ2) is 7.45. The van der Waals surface area contributed by atoms with Gasteiger partial charge in [-0.2, -0.15) is 0 Å². The summed E-state index contributed by atoms with van der Waals surface area (Å²) in [4.78, 5) is 11.0. The molecule has 0 saturated carbocycles. The van der Waals surface area contributed by atoms with Crippen molar-refractivity contribution >= 4 is 63.5 Å². The van der Waals surface area contributed by atoms with Crippen LogP contribution in [0.2, 0.25) is 10.0 Å². The van der Waals surface area contributed by atoms with Crippen molar-refractivity contribution in [1.29, 1.82) is 0 Å². The average Bonchev–Trinajstić information content (AvgIpc) is 2.39. The number of rotatable bonds is 3. The molecule has 0 spiro atoms. The van der Waals surface area contributed by atoms with E-state index in [0.717, 1.165) is 11.4 Å². The Labute approximate surface area is 143 Å². The van der Waals surface area contributed by atoms with Gasteiger partial charge in [-0.3, -0.25) is 4.79 Å². The molecule has 0 aliphatic rings. The van der Waals surface area contributed by atoms with Gasteiger partial charge in [0, 0.05) is 34.0 Å². The fourth-order valence-corrected chi connectivity index (χ4v) is 2.52. The number of carbonyl (C=O) groups excluding carboxylic acids is 1. The third-order valence-electron chi connectivity index (χ3n) is 2.58. The SMILES string of the molecule is CC(=O)Nc1ccc(NC(=S)Nc2cc(Cl)cc(Cl)c2)cc1. The lowest BCUT2D eigenvalue weighted by Crippen LogP contribution is -2.19. The first kappa shape index (κ1) is 16.5. The Morgan fingerprint density at radius 1 is 0.864 bits per heavy atom. The van der Waals surface area contributed by atoms with Crippen LogP contribution < -0.4 is 16.0 Å². The maximum atomic E-state index is 11.0. The van der Waals surface area contributed by atoms with Gasteiger partial charge < -0.3 is 16.0 Å². The standard InChI is InChI=1S/C15H13Cl2N3OS/c1-9(21)18-12-2-4-13(5-3-12)19-15(22)20-14-7-10(16)6-11(17)8-14/h2-8H,1H3,(H,18,21)(H2,19,20,22). The molecule has 3 N–H and O–H groups in total. The first-order chi connectivity index (χ1) is 10.4. The zero-order valence-electron chi connectivity index (χ0n) is 11.6. The average molecular weight is 354 g/mol. The van der Waals surface area contributed by atoms with Crippen LogP contribution in [0.25, 0.3) is 0 Å². The second-order valence-electron chi connectivity index (χ2n) is 4.50. The number of hydrogen-bond donors (Lipinski definition) is 3. The van der Waals surface area contributed by atoms with E-state index in [1.165, 1.54) is 6.92 Å². The second-order valence-corrected chi connectivity index (χ2v) is 5.78. The van der Waals surface area contributed by atoms with Crippen molar-refractivity contribution < 1.29 is 4.79 Å². The zero-order chi connectivity index (χ0) is 16.1. The van der Waals surface area contributed by atoms with Gasteiger partial charge in [-0.15, -0.1) is 0 Å². The molecule has 0 unspecified atom stereocenters. The van der Waals surface area contributed by atoms with Crippen LogP contribution >= 0.6 is 35.4 Å². The van der Waals surface area contributed by atoms with Crippen LogP contribution in [0.4, 0.5) is 17.1 Å². The lowest BCUT2D eigenvalue weighted by molar-refractivity contribution is -0.114. The Morgan fingerprint density at radius 3 is 1.82 bits per heavy atom. The number of nitrogens with one attached hydrogen (secondary N) is 3. The van der Waals surface area contributed by atoms with Crippen LogP contribution in [0.5, 0.6) is 0 Å². The lowest BCUT2D eigenvalue weighted by Gasteiger charge is -2.11. The number of benzene rings is 2. The van der Waals surface area contributed by atoms with E-state index >= 15 is 0 Å². The van der Waals surface area contributed by atoms with E-state index < -0.39 is 0 Å². The molecule has 2 rings (SSSR count). The number of amides is 1. The third-order valence-corrected chi connectivity index (χ3v) is 3.22. The zero-order valence-corrected chi connectivity index (χ0v) is 13.9.